The van der Waals surface area contributed by atoms with E-state index in [0.717, 1.165) is 30.5 Å². The van der Waals surface area contributed by atoms with Crippen LogP contribution in [0, 0.1) is 5.92 Å². The summed E-state index contributed by atoms with van der Waals surface area (Å²) in [5.74, 6) is -0.324. The number of carbonyl (C=O) groups is 2. The van der Waals surface area contributed by atoms with Crippen molar-refractivity contribution < 1.29 is 9.59 Å². The highest BCUT2D eigenvalue weighted by Gasteiger charge is 2.27. The van der Waals surface area contributed by atoms with Crippen LogP contribution in [-0.4, -0.2) is 24.4 Å². The maximum absolute atomic E-state index is 11.9. The van der Waals surface area contributed by atoms with Crippen LogP contribution in [0.5, 0.6) is 0 Å². The van der Waals surface area contributed by atoms with Crippen molar-refractivity contribution in [3.8, 4) is 0 Å². The van der Waals surface area contributed by atoms with Crippen molar-refractivity contribution in [2.45, 2.75) is 38.6 Å². The lowest BCUT2D eigenvalue weighted by atomic mass is 10.1. The molecule has 0 spiro atoms. The molecular weight excluding hydrogens is 266 g/mol. The molecule has 1 aromatic carbocycles. The number of aryl methyl sites for hydroxylation is 1. The van der Waals surface area contributed by atoms with Gasteiger partial charge in [-0.2, -0.15) is 0 Å². The van der Waals surface area contributed by atoms with Gasteiger partial charge in [-0.15, -0.1) is 0 Å². The second kappa shape index (κ2) is 7.22. The molecule has 1 aliphatic carbocycles. The van der Waals surface area contributed by atoms with Crippen molar-refractivity contribution in [3.63, 3.8) is 0 Å². The van der Waals surface area contributed by atoms with E-state index < -0.39 is 0 Å². The van der Waals surface area contributed by atoms with Crippen molar-refractivity contribution in [2.24, 2.45) is 11.7 Å². The van der Waals surface area contributed by atoms with Gasteiger partial charge in [-0.25, -0.2) is 0 Å². The molecule has 5 heteroatoms. The number of hydrogen-bond acceptors (Lipinski definition) is 3. The van der Waals surface area contributed by atoms with Crippen LogP contribution < -0.4 is 16.4 Å². The molecule has 1 fully saturated rings. The Hall–Kier alpha value is -1.88. The van der Waals surface area contributed by atoms with Crippen LogP contribution in [0.4, 0.5) is 5.69 Å². The van der Waals surface area contributed by atoms with Crippen LogP contribution in [0.1, 0.15) is 31.7 Å². The van der Waals surface area contributed by atoms with E-state index in [4.69, 9.17) is 5.73 Å². The van der Waals surface area contributed by atoms with Crippen molar-refractivity contribution in [2.75, 3.05) is 11.9 Å². The summed E-state index contributed by atoms with van der Waals surface area (Å²) in [6.07, 6.45) is 3.33. The minimum atomic E-state index is -0.209. The van der Waals surface area contributed by atoms with Gasteiger partial charge >= 0.3 is 0 Å². The van der Waals surface area contributed by atoms with Crippen LogP contribution in [-0.2, 0) is 16.0 Å². The molecule has 0 heterocycles. The number of nitrogens with two attached hydrogens (primary N) is 1. The van der Waals surface area contributed by atoms with Crippen LogP contribution in [0.2, 0.25) is 0 Å². The molecular formula is C16H23N3O2. The van der Waals surface area contributed by atoms with E-state index in [1.54, 1.807) is 0 Å². The van der Waals surface area contributed by atoms with Crippen molar-refractivity contribution in [1.82, 2.24) is 5.32 Å². The zero-order valence-electron chi connectivity index (χ0n) is 12.4. The van der Waals surface area contributed by atoms with Gasteiger partial charge in [0.15, 0.2) is 0 Å². The normalized spacial score (nSPS) is 21.0. The third-order valence-corrected chi connectivity index (χ3v) is 3.89. The van der Waals surface area contributed by atoms with Crippen LogP contribution in [0.15, 0.2) is 24.3 Å². The van der Waals surface area contributed by atoms with E-state index in [2.05, 4.69) is 17.6 Å². The molecule has 0 aromatic heterocycles. The highest BCUT2D eigenvalue weighted by Crippen LogP contribution is 2.23. The molecule has 0 aliphatic heterocycles. The second-order valence-corrected chi connectivity index (χ2v) is 5.59. The Kier molecular flexibility index (Phi) is 5.33. The molecule has 0 radical (unpaired) electrons. The van der Waals surface area contributed by atoms with Gasteiger partial charge < -0.3 is 16.4 Å². The number of anilines is 1. The lowest BCUT2D eigenvalue weighted by Crippen LogP contribution is -2.36. The highest BCUT2D eigenvalue weighted by molar-refractivity contribution is 5.94. The number of amides is 2. The summed E-state index contributed by atoms with van der Waals surface area (Å²) >= 11 is 0. The lowest BCUT2D eigenvalue weighted by Gasteiger charge is -2.11. The Balaban J connectivity index is 1.78. The molecule has 2 rings (SSSR count). The molecule has 114 valence electrons. The van der Waals surface area contributed by atoms with E-state index >= 15 is 0 Å². The largest absolute Gasteiger partial charge is 0.347 e. The van der Waals surface area contributed by atoms with Crippen molar-refractivity contribution in [3.05, 3.63) is 29.8 Å². The second-order valence-electron chi connectivity index (χ2n) is 5.59. The Morgan fingerprint density at radius 2 is 2.14 bits per heavy atom. The van der Waals surface area contributed by atoms with E-state index in [0.29, 0.717) is 6.42 Å². The van der Waals surface area contributed by atoms with Crippen LogP contribution in [0.25, 0.3) is 0 Å². The number of hydrogen-bond donors (Lipinski definition) is 3. The third-order valence-electron chi connectivity index (χ3n) is 3.89. The SMILES string of the molecule is CCc1cccc(NC(=O)CNC(=O)C2CCC(N)C2)c1. The average Bonchev–Trinajstić information content (AvgIpc) is 2.91. The first kappa shape index (κ1) is 15.5. The van der Waals surface area contributed by atoms with Gasteiger partial charge in [0.1, 0.15) is 0 Å². The molecule has 0 bridgehead atoms. The molecule has 2 atom stereocenters. The number of carbonyl (C=O) groups excluding carboxylic acids is 2. The first-order valence-corrected chi connectivity index (χ1v) is 7.50. The Morgan fingerprint density at radius 1 is 1.33 bits per heavy atom. The number of nitrogens with one attached hydrogen (secondary N) is 2. The van der Waals surface area contributed by atoms with E-state index in [9.17, 15) is 9.59 Å². The summed E-state index contributed by atoms with van der Waals surface area (Å²) in [7, 11) is 0. The maximum atomic E-state index is 11.9. The van der Waals surface area contributed by atoms with Gasteiger partial charge in [0.25, 0.3) is 0 Å². The molecule has 2 amide bonds. The lowest BCUT2D eigenvalue weighted by molar-refractivity contribution is -0.127. The standard InChI is InChI=1S/C16H23N3O2/c1-2-11-4-3-5-14(8-11)19-15(20)10-18-16(21)12-6-7-13(17)9-12/h3-5,8,12-13H,2,6-7,9-10,17H2,1H3,(H,18,21)(H,19,20). The molecule has 21 heavy (non-hydrogen) atoms. The van der Waals surface area contributed by atoms with Gasteiger partial charge in [0.2, 0.25) is 11.8 Å². The van der Waals surface area contributed by atoms with Crippen LogP contribution >= 0.6 is 0 Å². The van der Waals surface area contributed by atoms with Gasteiger partial charge in [0, 0.05) is 17.6 Å². The molecule has 4 N–H and O–H groups in total. The predicted octanol–water partition coefficient (Wildman–Crippen LogP) is 1.43. The van der Waals surface area contributed by atoms with Crippen molar-refractivity contribution >= 4 is 17.5 Å². The summed E-state index contributed by atoms with van der Waals surface area (Å²) in [6, 6.07) is 7.82. The fourth-order valence-corrected chi connectivity index (χ4v) is 2.64. The Morgan fingerprint density at radius 3 is 2.81 bits per heavy atom. The van der Waals surface area contributed by atoms with Gasteiger partial charge in [-0.3, -0.25) is 9.59 Å². The summed E-state index contributed by atoms with van der Waals surface area (Å²) in [5, 5.41) is 5.48. The van der Waals surface area contributed by atoms with Crippen molar-refractivity contribution in [1.29, 1.82) is 0 Å². The van der Waals surface area contributed by atoms with E-state index in [1.807, 2.05) is 24.3 Å². The highest BCUT2D eigenvalue weighted by atomic mass is 16.2. The zero-order valence-corrected chi connectivity index (χ0v) is 12.4. The monoisotopic (exact) mass is 289 g/mol. The van der Waals surface area contributed by atoms with E-state index in [-0.39, 0.29) is 30.3 Å². The number of rotatable bonds is 5. The maximum Gasteiger partial charge on any atom is 0.243 e. The minimum absolute atomic E-state index is 0.000917. The smallest absolute Gasteiger partial charge is 0.243 e. The molecule has 2 unspecified atom stereocenters. The van der Waals surface area contributed by atoms with Gasteiger partial charge in [-0.05, 0) is 43.4 Å². The summed E-state index contributed by atoms with van der Waals surface area (Å²) in [5.41, 5.74) is 7.71. The van der Waals surface area contributed by atoms with Crippen LogP contribution in [0.3, 0.4) is 0 Å². The quantitative estimate of drug-likeness (QED) is 0.766. The summed E-state index contributed by atoms with van der Waals surface area (Å²) in [4.78, 5) is 23.7. The third kappa shape index (κ3) is 4.56. The Bertz CT molecular complexity index is 516. The average molecular weight is 289 g/mol. The fraction of sp³-hybridized carbons (Fsp3) is 0.500. The molecule has 1 aliphatic rings. The molecule has 1 aromatic rings. The zero-order chi connectivity index (χ0) is 15.2. The summed E-state index contributed by atoms with van der Waals surface area (Å²) in [6.45, 7) is 2.06. The van der Waals surface area contributed by atoms with Gasteiger partial charge in [0.05, 0.1) is 6.54 Å². The topological polar surface area (TPSA) is 84.2 Å². The molecule has 5 nitrogen and oxygen atoms in total. The minimum Gasteiger partial charge on any atom is -0.347 e. The Labute approximate surface area is 125 Å². The van der Waals surface area contributed by atoms with E-state index in [1.165, 1.54) is 0 Å². The number of benzene rings is 1. The first-order chi connectivity index (χ1) is 10.1. The van der Waals surface area contributed by atoms with Gasteiger partial charge in [-0.1, -0.05) is 19.1 Å². The molecule has 0 saturated heterocycles. The first-order valence-electron chi connectivity index (χ1n) is 7.50. The fourth-order valence-electron chi connectivity index (χ4n) is 2.64. The molecule has 1 saturated carbocycles. The summed E-state index contributed by atoms with van der Waals surface area (Å²) < 4.78 is 0. The predicted molar refractivity (Wildman–Crippen MR) is 82.8 cm³/mol.